The molecule has 3 heterocycles. The minimum absolute atomic E-state index is 0.164. The zero-order chi connectivity index (χ0) is 21.0. The normalized spacial score (nSPS) is 24.5. The van der Waals surface area contributed by atoms with E-state index in [-0.39, 0.29) is 18.2 Å². The Labute approximate surface area is 178 Å². The fourth-order valence-electron chi connectivity index (χ4n) is 4.20. The number of guanidine groups is 1. The van der Waals surface area contributed by atoms with Gasteiger partial charge in [0.15, 0.2) is 5.96 Å². The Bertz CT molecular complexity index is 713. The molecule has 2 aliphatic rings. The van der Waals surface area contributed by atoms with Crippen LogP contribution in [-0.2, 0) is 11.2 Å². The molecule has 2 aliphatic heterocycles. The SMILES string of the molecule is CCNC(=NCCc1ncc(C)s1)NC1CC2CCC(C1)N2C(=O)OC(C)(C)C. The third-order valence-electron chi connectivity index (χ3n) is 5.29. The maximum atomic E-state index is 12.6. The van der Waals surface area contributed by atoms with E-state index in [4.69, 9.17) is 9.73 Å². The van der Waals surface area contributed by atoms with E-state index in [2.05, 4.69) is 29.5 Å². The predicted molar refractivity (Wildman–Crippen MR) is 118 cm³/mol. The first kappa shape index (κ1) is 21.9. The van der Waals surface area contributed by atoms with Crippen LogP contribution >= 0.6 is 11.3 Å². The first-order valence-electron chi connectivity index (χ1n) is 10.7. The number of thiazole rings is 1. The van der Waals surface area contributed by atoms with Crippen molar-refractivity contribution in [2.24, 2.45) is 4.99 Å². The lowest BCUT2D eigenvalue weighted by Gasteiger charge is -2.40. The molecule has 8 heteroatoms. The number of carbonyl (C=O) groups is 1. The van der Waals surface area contributed by atoms with Gasteiger partial charge in [0.1, 0.15) is 5.60 Å². The molecule has 1 aromatic heterocycles. The summed E-state index contributed by atoms with van der Waals surface area (Å²) in [5.41, 5.74) is -0.452. The van der Waals surface area contributed by atoms with Gasteiger partial charge in [-0.15, -0.1) is 11.3 Å². The number of rotatable bonds is 5. The number of aryl methyl sites for hydroxylation is 1. The molecule has 7 nitrogen and oxygen atoms in total. The molecular weight excluding hydrogens is 386 g/mol. The van der Waals surface area contributed by atoms with Gasteiger partial charge in [-0.2, -0.15) is 0 Å². The van der Waals surface area contributed by atoms with E-state index < -0.39 is 5.60 Å². The molecule has 3 rings (SSSR count). The molecule has 0 aliphatic carbocycles. The number of fused-ring (bicyclic) bond motifs is 2. The smallest absolute Gasteiger partial charge is 0.410 e. The van der Waals surface area contributed by atoms with E-state index >= 15 is 0 Å². The van der Waals surface area contributed by atoms with Crippen LogP contribution in [0, 0.1) is 6.92 Å². The summed E-state index contributed by atoms with van der Waals surface area (Å²) in [5, 5.41) is 8.08. The van der Waals surface area contributed by atoms with Gasteiger partial charge in [0.25, 0.3) is 0 Å². The van der Waals surface area contributed by atoms with Gasteiger partial charge < -0.3 is 20.3 Å². The summed E-state index contributed by atoms with van der Waals surface area (Å²) in [6.07, 6.45) is 6.59. The second-order valence-corrected chi connectivity index (χ2v) is 10.3. The molecule has 2 bridgehead atoms. The Morgan fingerprint density at radius 2 is 2.03 bits per heavy atom. The lowest BCUT2D eigenvalue weighted by atomic mass is 9.98. The maximum Gasteiger partial charge on any atom is 0.410 e. The Hall–Kier alpha value is -1.83. The van der Waals surface area contributed by atoms with E-state index in [0.717, 1.165) is 49.6 Å². The second-order valence-electron chi connectivity index (χ2n) is 8.96. The lowest BCUT2D eigenvalue weighted by molar-refractivity contribution is 0.00545. The summed E-state index contributed by atoms with van der Waals surface area (Å²) in [5.74, 6) is 0.857. The van der Waals surface area contributed by atoms with Crippen LogP contribution in [0.2, 0.25) is 0 Å². The maximum absolute atomic E-state index is 12.6. The van der Waals surface area contributed by atoms with Gasteiger partial charge in [-0.3, -0.25) is 4.99 Å². The Kier molecular flexibility index (Phi) is 7.03. The van der Waals surface area contributed by atoms with Crippen LogP contribution in [0.25, 0.3) is 0 Å². The number of ether oxygens (including phenoxy) is 1. The molecule has 2 unspecified atom stereocenters. The minimum atomic E-state index is -0.452. The van der Waals surface area contributed by atoms with Crippen LogP contribution in [0.15, 0.2) is 11.2 Å². The summed E-state index contributed by atoms with van der Waals surface area (Å²) < 4.78 is 5.64. The summed E-state index contributed by atoms with van der Waals surface area (Å²) in [4.78, 5) is 25.0. The van der Waals surface area contributed by atoms with Crippen LogP contribution in [0.4, 0.5) is 4.79 Å². The second kappa shape index (κ2) is 9.32. The van der Waals surface area contributed by atoms with E-state index in [0.29, 0.717) is 12.6 Å². The molecular formula is C21H35N5O2S. The third-order valence-corrected chi connectivity index (χ3v) is 6.26. The standard InChI is InChI=1S/C21H35N5O2S/c1-6-22-19(23-10-9-18-24-13-14(2)29-18)25-15-11-16-7-8-17(12-15)26(16)20(27)28-21(3,4)5/h13,15-17H,6-12H2,1-5H3,(H2,22,23,25). The zero-order valence-electron chi connectivity index (χ0n) is 18.3. The number of aliphatic imine (C=N–C) groups is 1. The number of piperidine rings is 1. The quantitative estimate of drug-likeness (QED) is 0.562. The summed E-state index contributed by atoms with van der Waals surface area (Å²) in [7, 11) is 0. The number of hydrogen-bond acceptors (Lipinski definition) is 5. The molecule has 0 spiro atoms. The number of carbonyl (C=O) groups excluding carboxylic acids is 1. The van der Waals surface area contributed by atoms with Crippen LogP contribution in [0.3, 0.4) is 0 Å². The highest BCUT2D eigenvalue weighted by atomic mass is 32.1. The molecule has 2 N–H and O–H groups in total. The van der Waals surface area contributed by atoms with E-state index in [1.165, 1.54) is 4.88 Å². The van der Waals surface area contributed by atoms with Gasteiger partial charge in [-0.1, -0.05) is 0 Å². The average molecular weight is 422 g/mol. The highest BCUT2D eigenvalue weighted by Crippen LogP contribution is 2.36. The van der Waals surface area contributed by atoms with Gasteiger partial charge in [0.05, 0.1) is 5.01 Å². The van der Waals surface area contributed by atoms with Gasteiger partial charge >= 0.3 is 6.09 Å². The van der Waals surface area contributed by atoms with Crippen molar-refractivity contribution in [2.75, 3.05) is 13.1 Å². The first-order chi connectivity index (χ1) is 13.7. The Morgan fingerprint density at radius 3 is 2.59 bits per heavy atom. The van der Waals surface area contributed by atoms with Gasteiger partial charge in [-0.05, 0) is 60.3 Å². The van der Waals surface area contributed by atoms with Gasteiger partial charge in [0, 0.05) is 48.7 Å². The van der Waals surface area contributed by atoms with Crippen molar-refractivity contribution in [1.29, 1.82) is 0 Å². The van der Waals surface area contributed by atoms with Crippen molar-refractivity contribution in [3.63, 3.8) is 0 Å². The molecule has 0 aromatic carbocycles. The van der Waals surface area contributed by atoms with Crippen LogP contribution in [-0.4, -0.2) is 58.8 Å². The third kappa shape index (κ3) is 6.07. The molecule has 162 valence electrons. The van der Waals surface area contributed by atoms with Gasteiger partial charge in [0.2, 0.25) is 0 Å². The number of nitrogens with zero attached hydrogens (tertiary/aromatic N) is 3. The van der Waals surface area contributed by atoms with Crippen molar-refractivity contribution in [1.82, 2.24) is 20.5 Å². The van der Waals surface area contributed by atoms with E-state index in [1.54, 1.807) is 11.3 Å². The molecule has 1 amide bonds. The van der Waals surface area contributed by atoms with Crippen molar-refractivity contribution in [3.8, 4) is 0 Å². The lowest BCUT2D eigenvalue weighted by Crippen LogP contribution is -2.55. The molecule has 1 aromatic rings. The summed E-state index contributed by atoms with van der Waals surface area (Å²) in [6, 6.07) is 0.829. The van der Waals surface area contributed by atoms with Crippen molar-refractivity contribution >= 4 is 23.4 Å². The monoisotopic (exact) mass is 421 g/mol. The molecule has 0 saturated carbocycles. The molecule has 2 atom stereocenters. The van der Waals surface area contributed by atoms with Crippen LogP contribution in [0.5, 0.6) is 0 Å². The summed E-state index contributed by atoms with van der Waals surface area (Å²) >= 11 is 1.73. The number of amides is 1. The fraction of sp³-hybridized carbons (Fsp3) is 0.762. The Balaban J connectivity index is 1.55. The van der Waals surface area contributed by atoms with Crippen LogP contribution in [0.1, 0.15) is 63.3 Å². The number of nitrogens with one attached hydrogen (secondary N) is 2. The minimum Gasteiger partial charge on any atom is -0.444 e. The van der Waals surface area contributed by atoms with E-state index in [1.807, 2.05) is 31.9 Å². The molecule has 0 radical (unpaired) electrons. The largest absolute Gasteiger partial charge is 0.444 e. The zero-order valence-corrected chi connectivity index (χ0v) is 19.1. The topological polar surface area (TPSA) is 78.9 Å². The number of aromatic nitrogens is 1. The van der Waals surface area contributed by atoms with Crippen molar-refractivity contribution in [2.45, 2.75) is 90.4 Å². The Morgan fingerprint density at radius 1 is 1.34 bits per heavy atom. The molecule has 2 fully saturated rings. The average Bonchev–Trinajstić information content (AvgIpc) is 3.14. The van der Waals surface area contributed by atoms with Crippen LogP contribution < -0.4 is 10.6 Å². The molecule has 2 saturated heterocycles. The van der Waals surface area contributed by atoms with Crippen molar-refractivity contribution in [3.05, 3.63) is 16.1 Å². The molecule has 29 heavy (non-hydrogen) atoms. The summed E-state index contributed by atoms with van der Waals surface area (Å²) in [6.45, 7) is 11.5. The highest BCUT2D eigenvalue weighted by molar-refractivity contribution is 7.11. The number of hydrogen-bond donors (Lipinski definition) is 2. The van der Waals surface area contributed by atoms with E-state index in [9.17, 15) is 4.79 Å². The fourth-order valence-corrected chi connectivity index (χ4v) is 4.98. The first-order valence-corrected chi connectivity index (χ1v) is 11.5. The van der Waals surface area contributed by atoms with Gasteiger partial charge in [-0.25, -0.2) is 9.78 Å². The van der Waals surface area contributed by atoms with Crippen molar-refractivity contribution < 1.29 is 9.53 Å². The highest BCUT2D eigenvalue weighted by Gasteiger charge is 2.45. The predicted octanol–water partition coefficient (Wildman–Crippen LogP) is 3.48.